The highest BCUT2D eigenvalue weighted by Crippen LogP contribution is 2.33. The van der Waals surface area contributed by atoms with Gasteiger partial charge in [-0.2, -0.15) is 0 Å². The van der Waals surface area contributed by atoms with E-state index in [9.17, 15) is 4.79 Å². The molecule has 1 amide bonds. The van der Waals surface area contributed by atoms with Crippen molar-refractivity contribution in [3.8, 4) is 0 Å². The topological polar surface area (TPSA) is 32.3 Å². The fourth-order valence-corrected chi connectivity index (χ4v) is 4.36. The summed E-state index contributed by atoms with van der Waals surface area (Å²) < 4.78 is 0. The van der Waals surface area contributed by atoms with E-state index in [1.807, 2.05) is 47.4 Å². The number of nitrogens with zero attached hydrogens (tertiary/aromatic N) is 1. The molecule has 2 unspecified atom stereocenters. The van der Waals surface area contributed by atoms with Gasteiger partial charge in [0.25, 0.3) is 5.91 Å². The number of amides is 1. The van der Waals surface area contributed by atoms with Gasteiger partial charge in [-0.25, -0.2) is 0 Å². The number of hydrogen-bond donors (Lipinski definition) is 1. The SMILES string of the molecule is C/C(=C1/C(=O)N(Cc2ccccc2)CC1/C=C/C(C)NCc1ccccc1)c1ccccc1. The molecule has 0 bridgehead atoms. The second-order valence-electron chi connectivity index (χ2n) is 8.72. The number of carbonyl (C=O) groups is 1. The molecule has 4 rings (SSSR count). The summed E-state index contributed by atoms with van der Waals surface area (Å²) in [6.07, 6.45) is 4.42. The fourth-order valence-electron chi connectivity index (χ4n) is 4.36. The molecule has 0 radical (unpaired) electrons. The molecule has 168 valence electrons. The van der Waals surface area contributed by atoms with Crippen LogP contribution in [0.5, 0.6) is 0 Å². The molecule has 1 fully saturated rings. The molecule has 3 heteroatoms. The average Bonchev–Trinajstić information content (AvgIpc) is 3.17. The summed E-state index contributed by atoms with van der Waals surface area (Å²) in [5.74, 6) is 0.210. The summed E-state index contributed by atoms with van der Waals surface area (Å²) in [5.41, 5.74) is 5.50. The Morgan fingerprint density at radius 3 is 2.15 bits per heavy atom. The Morgan fingerprint density at radius 2 is 1.52 bits per heavy atom. The highest BCUT2D eigenvalue weighted by Gasteiger charge is 2.35. The number of nitrogens with one attached hydrogen (secondary N) is 1. The lowest BCUT2D eigenvalue weighted by molar-refractivity contribution is -0.125. The van der Waals surface area contributed by atoms with Gasteiger partial charge in [0.05, 0.1) is 0 Å². The Morgan fingerprint density at radius 1 is 0.939 bits per heavy atom. The van der Waals surface area contributed by atoms with Crippen molar-refractivity contribution in [2.75, 3.05) is 6.54 Å². The molecule has 3 aromatic carbocycles. The zero-order chi connectivity index (χ0) is 23.0. The van der Waals surface area contributed by atoms with Gasteiger partial charge < -0.3 is 10.2 Å². The van der Waals surface area contributed by atoms with Gasteiger partial charge in [-0.1, -0.05) is 103 Å². The van der Waals surface area contributed by atoms with E-state index in [2.05, 4.69) is 79.8 Å². The van der Waals surface area contributed by atoms with Gasteiger partial charge in [0.2, 0.25) is 0 Å². The molecule has 0 spiro atoms. The van der Waals surface area contributed by atoms with E-state index in [0.717, 1.165) is 28.8 Å². The molecule has 1 heterocycles. The molecule has 1 aliphatic heterocycles. The zero-order valence-electron chi connectivity index (χ0n) is 19.4. The van der Waals surface area contributed by atoms with Crippen LogP contribution in [0, 0.1) is 5.92 Å². The number of benzene rings is 3. The molecular formula is C30H32N2O. The van der Waals surface area contributed by atoms with Gasteiger partial charge in [0.15, 0.2) is 0 Å². The van der Waals surface area contributed by atoms with E-state index in [1.54, 1.807) is 0 Å². The Bertz CT molecular complexity index is 1100. The van der Waals surface area contributed by atoms with E-state index in [0.29, 0.717) is 13.1 Å². The van der Waals surface area contributed by atoms with E-state index in [1.165, 1.54) is 5.56 Å². The van der Waals surface area contributed by atoms with Crippen LogP contribution in [0.3, 0.4) is 0 Å². The summed E-state index contributed by atoms with van der Waals surface area (Å²) in [5, 5.41) is 3.56. The number of likely N-dealkylation sites (tertiary alicyclic amines) is 1. The lowest BCUT2D eigenvalue weighted by atomic mass is 9.93. The zero-order valence-corrected chi connectivity index (χ0v) is 19.4. The standard InChI is InChI=1S/C30H32N2O/c1-23(31-20-25-12-6-3-7-13-25)18-19-28-22-32(21-26-14-8-4-9-15-26)30(33)29(28)24(2)27-16-10-5-11-17-27/h3-19,23,28,31H,20-22H2,1-2H3/b19-18+,29-24-. The summed E-state index contributed by atoms with van der Waals surface area (Å²) in [6.45, 7) is 6.40. The molecule has 0 aliphatic carbocycles. The maximum atomic E-state index is 13.5. The molecule has 2 atom stereocenters. The summed E-state index contributed by atoms with van der Waals surface area (Å²) in [4.78, 5) is 15.5. The van der Waals surface area contributed by atoms with Gasteiger partial charge in [-0.05, 0) is 36.1 Å². The third-order valence-electron chi connectivity index (χ3n) is 6.24. The van der Waals surface area contributed by atoms with Crippen LogP contribution in [0.2, 0.25) is 0 Å². The Kier molecular flexibility index (Phi) is 7.54. The van der Waals surface area contributed by atoms with Crippen molar-refractivity contribution in [3.05, 3.63) is 125 Å². The Labute approximate surface area is 197 Å². The predicted octanol–water partition coefficient (Wildman–Crippen LogP) is 5.85. The van der Waals surface area contributed by atoms with E-state index in [-0.39, 0.29) is 17.9 Å². The van der Waals surface area contributed by atoms with Gasteiger partial charge >= 0.3 is 0 Å². The lowest BCUT2D eigenvalue weighted by Crippen LogP contribution is -2.25. The smallest absolute Gasteiger partial charge is 0.251 e. The fraction of sp³-hybridized carbons (Fsp3) is 0.233. The van der Waals surface area contributed by atoms with E-state index >= 15 is 0 Å². The van der Waals surface area contributed by atoms with Crippen molar-refractivity contribution in [2.45, 2.75) is 33.0 Å². The second kappa shape index (κ2) is 10.9. The van der Waals surface area contributed by atoms with Crippen LogP contribution in [-0.4, -0.2) is 23.4 Å². The monoisotopic (exact) mass is 436 g/mol. The number of carbonyl (C=O) groups excluding carboxylic acids is 1. The van der Waals surface area contributed by atoms with Gasteiger partial charge in [-0.3, -0.25) is 4.79 Å². The number of allylic oxidation sites excluding steroid dienone is 1. The lowest BCUT2D eigenvalue weighted by Gasteiger charge is -2.15. The molecule has 1 N–H and O–H groups in total. The minimum atomic E-state index is 0.0717. The third kappa shape index (κ3) is 5.88. The molecule has 3 nitrogen and oxygen atoms in total. The van der Waals surface area contributed by atoms with Gasteiger partial charge in [-0.15, -0.1) is 0 Å². The van der Waals surface area contributed by atoms with Crippen LogP contribution in [0.15, 0.2) is 109 Å². The first-order chi connectivity index (χ1) is 16.1. The third-order valence-corrected chi connectivity index (χ3v) is 6.24. The average molecular weight is 437 g/mol. The maximum absolute atomic E-state index is 13.5. The largest absolute Gasteiger partial charge is 0.334 e. The first-order valence-electron chi connectivity index (χ1n) is 11.7. The van der Waals surface area contributed by atoms with Crippen LogP contribution >= 0.6 is 0 Å². The van der Waals surface area contributed by atoms with Crippen LogP contribution in [-0.2, 0) is 17.9 Å². The summed E-state index contributed by atoms with van der Waals surface area (Å²) in [6, 6.07) is 31.1. The van der Waals surface area contributed by atoms with Crippen molar-refractivity contribution >= 4 is 11.5 Å². The van der Waals surface area contributed by atoms with E-state index < -0.39 is 0 Å². The van der Waals surface area contributed by atoms with Crippen LogP contribution in [0.1, 0.15) is 30.5 Å². The van der Waals surface area contributed by atoms with Crippen molar-refractivity contribution in [2.24, 2.45) is 5.92 Å². The second-order valence-corrected chi connectivity index (χ2v) is 8.72. The molecule has 1 aliphatic rings. The molecule has 1 saturated heterocycles. The van der Waals surface area contributed by atoms with E-state index in [4.69, 9.17) is 0 Å². The summed E-state index contributed by atoms with van der Waals surface area (Å²) in [7, 11) is 0. The number of hydrogen-bond acceptors (Lipinski definition) is 2. The van der Waals surface area contributed by atoms with Crippen molar-refractivity contribution in [3.63, 3.8) is 0 Å². The van der Waals surface area contributed by atoms with Crippen molar-refractivity contribution in [1.29, 1.82) is 0 Å². The Balaban J connectivity index is 1.54. The highest BCUT2D eigenvalue weighted by atomic mass is 16.2. The quantitative estimate of drug-likeness (QED) is 0.355. The van der Waals surface area contributed by atoms with Crippen LogP contribution in [0.25, 0.3) is 5.57 Å². The minimum absolute atomic E-state index is 0.0717. The van der Waals surface area contributed by atoms with Gasteiger partial charge in [0.1, 0.15) is 0 Å². The molecule has 0 saturated carbocycles. The highest BCUT2D eigenvalue weighted by molar-refractivity contribution is 6.03. The summed E-state index contributed by atoms with van der Waals surface area (Å²) >= 11 is 0. The van der Waals surface area contributed by atoms with Crippen molar-refractivity contribution in [1.82, 2.24) is 10.2 Å². The van der Waals surface area contributed by atoms with Crippen molar-refractivity contribution < 1.29 is 4.79 Å². The normalized spacial score (nSPS) is 18.7. The van der Waals surface area contributed by atoms with Crippen LogP contribution < -0.4 is 5.32 Å². The first-order valence-corrected chi connectivity index (χ1v) is 11.7. The molecule has 33 heavy (non-hydrogen) atoms. The molecule has 0 aromatic heterocycles. The molecule has 3 aromatic rings. The number of rotatable bonds is 8. The van der Waals surface area contributed by atoms with Gasteiger partial charge in [0, 0.05) is 37.2 Å². The predicted molar refractivity (Wildman–Crippen MR) is 136 cm³/mol. The van der Waals surface area contributed by atoms with Crippen LogP contribution in [0.4, 0.5) is 0 Å². The maximum Gasteiger partial charge on any atom is 0.251 e. The Hall–Kier alpha value is -3.43. The minimum Gasteiger partial charge on any atom is -0.334 e. The molecular weight excluding hydrogens is 404 g/mol. The first kappa shape index (κ1) is 22.8.